The van der Waals surface area contributed by atoms with Crippen molar-refractivity contribution in [1.29, 1.82) is 0 Å². The van der Waals surface area contributed by atoms with E-state index in [0.717, 1.165) is 64.8 Å². The monoisotopic (exact) mass is 415 g/mol. The molecular formula is C21H29F4N3O. The second kappa shape index (κ2) is 9.78. The van der Waals surface area contributed by atoms with E-state index in [2.05, 4.69) is 15.1 Å². The molecule has 162 valence electrons. The van der Waals surface area contributed by atoms with E-state index in [0.29, 0.717) is 11.6 Å². The van der Waals surface area contributed by atoms with Crippen LogP contribution in [0.3, 0.4) is 0 Å². The van der Waals surface area contributed by atoms with Gasteiger partial charge in [0.25, 0.3) is 0 Å². The number of carbonyl (C=O) groups excluding carboxylic acids is 1. The number of halogens is 4. The predicted molar refractivity (Wildman–Crippen MR) is 104 cm³/mol. The number of hydrogen-bond acceptors (Lipinski definition) is 3. The van der Waals surface area contributed by atoms with Crippen LogP contribution >= 0.6 is 0 Å². The lowest BCUT2D eigenvalue weighted by Gasteiger charge is -2.37. The molecule has 8 heteroatoms. The van der Waals surface area contributed by atoms with Crippen LogP contribution in [0.15, 0.2) is 24.3 Å². The summed E-state index contributed by atoms with van der Waals surface area (Å²) in [5.74, 6) is -0.552. The van der Waals surface area contributed by atoms with Crippen LogP contribution in [0.2, 0.25) is 0 Å². The van der Waals surface area contributed by atoms with E-state index >= 15 is 0 Å². The summed E-state index contributed by atoms with van der Waals surface area (Å²) >= 11 is 0. The standard InChI is InChI=1S/C21H29F4N3O/c22-18-3-1-2-4-19(18)28-13-11-27(12-14-28)10-9-16-5-7-17(8-6-16)26-20(29)15-21(23,24)25/h1-4,16-17H,5-15H2,(H,26,29). The number of nitrogens with one attached hydrogen (secondary N) is 1. The van der Waals surface area contributed by atoms with Crippen molar-refractivity contribution >= 4 is 11.6 Å². The highest BCUT2D eigenvalue weighted by molar-refractivity contribution is 5.76. The van der Waals surface area contributed by atoms with Gasteiger partial charge in [-0.05, 0) is 56.7 Å². The number of amides is 1. The summed E-state index contributed by atoms with van der Waals surface area (Å²) in [6.45, 7) is 4.40. The van der Waals surface area contributed by atoms with E-state index in [1.54, 1.807) is 6.07 Å². The molecule has 1 N–H and O–H groups in total. The fourth-order valence-corrected chi connectivity index (χ4v) is 4.34. The molecule has 0 radical (unpaired) electrons. The molecule has 1 amide bonds. The summed E-state index contributed by atoms with van der Waals surface area (Å²) < 4.78 is 50.7. The Morgan fingerprint density at radius 3 is 2.31 bits per heavy atom. The van der Waals surface area contributed by atoms with Gasteiger partial charge in [0, 0.05) is 32.2 Å². The second-order valence-corrected chi connectivity index (χ2v) is 8.15. The third-order valence-electron chi connectivity index (χ3n) is 5.99. The van der Waals surface area contributed by atoms with Crippen LogP contribution in [-0.4, -0.2) is 55.7 Å². The van der Waals surface area contributed by atoms with Crippen molar-refractivity contribution in [2.24, 2.45) is 5.92 Å². The number of hydrogen-bond donors (Lipinski definition) is 1. The van der Waals surface area contributed by atoms with Crippen molar-refractivity contribution in [3.8, 4) is 0 Å². The fraction of sp³-hybridized carbons (Fsp3) is 0.667. The zero-order valence-corrected chi connectivity index (χ0v) is 16.6. The minimum absolute atomic E-state index is 0.134. The van der Waals surface area contributed by atoms with Crippen molar-refractivity contribution in [2.75, 3.05) is 37.6 Å². The zero-order valence-electron chi connectivity index (χ0n) is 16.6. The van der Waals surface area contributed by atoms with E-state index in [1.807, 2.05) is 12.1 Å². The Bertz CT molecular complexity index is 666. The minimum atomic E-state index is -4.45. The third-order valence-corrected chi connectivity index (χ3v) is 5.99. The SMILES string of the molecule is O=C(CC(F)(F)F)NC1CCC(CCN2CCN(c3ccccc3F)CC2)CC1. The number of para-hydroxylation sites is 1. The lowest BCUT2D eigenvalue weighted by molar-refractivity contribution is -0.154. The summed E-state index contributed by atoms with van der Waals surface area (Å²) in [4.78, 5) is 15.9. The largest absolute Gasteiger partial charge is 0.397 e. The van der Waals surface area contributed by atoms with Gasteiger partial charge in [0.05, 0.1) is 5.69 Å². The first-order valence-electron chi connectivity index (χ1n) is 10.4. The van der Waals surface area contributed by atoms with Gasteiger partial charge in [0.2, 0.25) is 5.91 Å². The van der Waals surface area contributed by atoms with E-state index in [4.69, 9.17) is 0 Å². The van der Waals surface area contributed by atoms with Gasteiger partial charge in [-0.3, -0.25) is 9.69 Å². The maximum atomic E-state index is 13.9. The molecule has 0 bridgehead atoms. The molecule has 1 aliphatic heterocycles. The quantitative estimate of drug-likeness (QED) is 0.715. The molecule has 29 heavy (non-hydrogen) atoms. The topological polar surface area (TPSA) is 35.6 Å². The highest BCUT2D eigenvalue weighted by Gasteiger charge is 2.32. The minimum Gasteiger partial charge on any atom is -0.367 e. The lowest BCUT2D eigenvalue weighted by Crippen LogP contribution is -2.47. The molecule has 2 fully saturated rings. The summed E-state index contributed by atoms with van der Waals surface area (Å²) in [6, 6.07) is 6.73. The number of benzene rings is 1. The normalized spacial score (nSPS) is 23.8. The molecule has 0 spiro atoms. The number of carbonyl (C=O) groups is 1. The fourth-order valence-electron chi connectivity index (χ4n) is 4.34. The first-order valence-corrected chi connectivity index (χ1v) is 10.4. The predicted octanol–water partition coefficient (Wildman–Crippen LogP) is 3.97. The molecular weight excluding hydrogens is 386 g/mol. The number of alkyl halides is 3. The van der Waals surface area contributed by atoms with Crippen LogP contribution in [0.4, 0.5) is 23.2 Å². The molecule has 0 atom stereocenters. The molecule has 0 unspecified atom stereocenters. The van der Waals surface area contributed by atoms with Crippen LogP contribution in [0.25, 0.3) is 0 Å². The van der Waals surface area contributed by atoms with Crippen molar-refractivity contribution in [3.63, 3.8) is 0 Å². The molecule has 3 rings (SSSR count). The summed E-state index contributed by atoms with van der Waals surface area (Å²) in [6.07, 6.45) is -1.42. The summed E-state index contributed by atoms with van der Waals surface area (Å²) in [7, 11) is 0. The average molecular weight is 415 g/mol. The molecule has 4 nitrogen and oxygen atoms in total. The zero-order chi connectivity index (χ0) is 20.9. The van der Waals surface area contributed by atoms with Crippen LogP contribution in [-0.2, 0) is 4.79 Å². The van der Waals surface area contributed by atoms with Crippen molar-refractivity contribution in [3.05, 3.63) is 30.1 Å². The van der Waals surface area contributed by atoms with Crippen LogP contribution in [0.1, 0.15) is 38.5 Å². The smallest absolute Gasteiger partial charge is 0.367 e. The average Bonchev–Trinajstić information content (AvgIpc) is 2.67. The molecule has 2 aliphatic rings. The Labute approximate surface area is 169 Å². The van der Waals surface area contributed by atoms with E-state index in [1.165, 1.54) is 6.07 Å². The van der Waals surface area contributed by atoms with Crippen molar-refractivity contribution in [1.82, 2.24) is 10.2 Å². The summed E-state index contributed by atoms with van der Waals surface area (Å²) in [5.41, 5.74) is 0.665. The third kappa shape index (κ3) is 6.87. The number of rotatable bonds is 6. The van der Waals surface area contributed by atoms with Gasteiger partial charge in [-0.1, -0.05) is 12.1 Å². The second-order valence-electron chi connectivity index (χ2n) is 8.15. The van der Waals surface area contributed by atoms with Crippen LogP contribution in [0.5, 0.6) is 0 Å². The molecule has 1 heterocycles. The Balaban J connectivity index is 1.32. The van der Waals surface area contributed by atoms with Gasteiger partial charge < -0.3 is 10.2 Å². The molecule has 0 aromatic heterocycles. The highest BCUT2D eigenvalue weighted by atomic mass is 19.4. The maximum Gasteiger partial charge on any atom is 0.397 e. The van der Waals surface area contributed by atoms with E-state index in [9.17, 15) is 22.4 Å². The van der Waals surface area contributed by atoms with Gasteiger partial charge >= 0.3 is 6.18 Å². The van der Waals surface area contributed by atoms with Gasteiger partial charge in [0.1, 0.15) is 12.2 Å². The van der Waals surface area contributed by atoms with Crippen LogP contribution < -0.4 is 10.2 Å². The molecule has 1 saturated heterocycles. The summed E-state index contributed by atoms with van der Waals surface area (Å²) in [5, 5.41) is 2.52. The highest BCUT2D eigenvalue weighted by Crippen LogP contribution is 2.28. The van der Waals surface area contributed by atoms with E-state index in [-0.39, 0.29) is 11.9 Å². The first kappa shape index (κ1) is 21.9. The van der Waals surface area contributed by atoms with Gasteiger partial charge in [-0.2, -0.15) is 13.2 Å². The first-order chi connectivity index (χ1) is 13.8. The number of anilines is 1. The number of piperazine rings is 1. The molecule has 1 aliphatic carbocycles. The Morgan fingerprint density at radius 2 is 1.69 bits per heavy atom. The Hall–Kier alpha value is -1.83. The van der Waals surface area contributed by atoms with Gasteiger partial charge in [-0.25, -0.2) is 4.39 Å². The Morgan fingerprint density at radius 1 is 1.03 bits per heavy atom. The number of nitrogens with zero attached hydrogens (tertiary/aromatic N) is 2. The van der Waals surface area contributed by atoms with Crippen molar-refractivity contribution in [2.45, 2.75) is 50.7 Å². The van der Waals surface area contributed by atoms with Gasteiger partial charge in [-0.15, -0.1) is 0 Å². The Kier molecular flexibility index (Phi) is 7.38. The van der Waals surface area contributed by atoms with E-state index < -0.39 is 18.5 Å². The molecule has 1 aromatic rings. The molecule has 1 aromatic carbocycles. The van der Waals surface area contributed by atoms with Gasteiger partial charge in [0.15, 0.2) is 0 Å². The molecule has 1 saturated carbocycles. The lowest BCUT2D eigenvalue weighted by atomic mass is 9.84. The van der Waals surface area contributed by atoms with Crippen molar-refractivity contribution < 1.29 is 22.4 Å². The maximum absolute atomic E-state index is 13.9. The van der Waals surface area contributed by atoms with Crippen LogP contribution in [0, 0.1) is 11.7 Å².